The van der Waals surface area contributed by atoms with Crippen LogP contribution in [-0.2, 0) is 10.8 Å². The summed E-state index contributed by atoms with van der Waals surface area (Å²) < 4.78 is 0. The third-order valence-electron chi connectivity index (χ3n) is 7.27. The highest BCUT2D eigenvalue weighted by Gasteiger charge is 2.31. The molecule has 0 radical (unpaired) electrons. The summed E-state index contributed by atoms with van der Waals surface area (Å²) in [5.41, 5.74) is 5.89. The van der Waals surface area contributed by atoms with Gasteiger partial charge >= 0.3 is 0 Å². The molecule has 0 bridgehead atoms. The van der Waals surface area contributed by atoms with Crippen molar-refractivity contribution in [2.45, 2.75) is 118 Å². The second kappa shape index (κ2) is 9.49. The molecule has 0 aliphatic carbocycles. The Labute approximate surface area is 197 Å². The minimum absolute atomic E-state index is 0.118. The second-order valence-electron chi connectivity index (χ2n) is 11.8. The molecule has 178 valence electrons. The minimum atomic E-state index is -0.165. The molecular weight excluding hydrogens is 392 g/mol. The minimum Gasteiger partial charge on any atom is -0.507 e. The smallest absolute Gasteiger partial charge is 0.123 e. The molecule has 0 aromatic heterocycles. The first kappa shape index (κ1) is 26.3. The van der Waals surface area contributed by atoms with Crippen LogP contribution in [0.1, 0.15) is 140 Å². The maximum absolute atomic E-state index is 11.6. The van der Waals surface area contributed by atoms with Crippen molar-refractivity contribution < 1.29 is 10.2 Å². The van der Waals surface area contributed by atoms with Crippen LogP contribution in [-0.4, -0.2) is 10.2 Å². The van der Waals surface area contributed by atoms with Gasteiger partial charge in [-0.05, 0) is 57.8 Å². The van der Waals surface area contributed by atoms with Crippen LogP contribution in [0.3, 0.4) is 0 Å². The van der Waals surface area contributed by atoms with Crippen LogP contribution in [0.25, 0.3) is 0 Å². The van der Waals surface area contributed by atoms with Crippen molar-refractivity contribution in [2.75, 3.05) is 0 Å². The maximum Gasteiger partial charge on any atom is 0.123 e. The number of phenolic OH excluding ortho intramolecular Hbond substituents is 2. The fourth-order valence-corrected chi connectivity index (χ4v) is 4.81. The fraction of sp³-hybridized carbons (Fsp3) is 0.600. The van der Waals surface area contributed by atoms with E-state index in [4.69, 9.17) is 0 Å². The van der Waals surface area contributed by atoms with E-state index >= 15 is 0 Å². The molecule has 0 heterocycles. The molecule has 2 aromatic rings. The Morgan fingerprint density at radius 3 is 1.19 bits per heavy atom. The first-order valence-corrected chi connectivity index (χ1v) is 12.4. The van der Waals surface area contributed by atoms with E-state index < -0.39 is 0 Å². The van der Waals surface area contributed by atoms with Gasteiger partial charge in [-0.3, -0.25) is 0 Å². The van der Waals surface area contributed by atoms with Crippen LogP contribution in [0, 0.1) is 0 Å². The van der Waals surface area contributed by atoms with Crippen molar-refractivity contribution in [2.24, 2.45) is 0 Å². The van der Waals surface area contributed by atoms with Gasteiger partial charge in [0.15, 0.2) is 0 Å². The number of hydrogen-bond donors (Lipinski definition) is 2. The van der Waals surface area contributed by atoms with Crippen molar-refractivity contribution in [1.82, 2.24) is 0 Å². The summed E-state index contributed by atoms with van der Waals surface area (Å²) >= 11 is 0. The third kappa shape index (κ3) is 5.00. The molecule has 0 aliphatic heterocycles. The zero-order chi connectivity index (χ0) is 24.6. The van der Waals surface area contributed by atoms with E-state index in [1.54, 1.807) is 0 Å². The predicted octanol–water partition coefficient (Wildman–Crippen LogP) is 8.87. The molecule has 2 atom stereocenters. The van der Waals surface area contributed by atoms with Crippen LogP contribution < -0.4 is 0 Å². The molecule has 0 saturated carbocycles. The molecule has 32 heavy (non-hydrogen) atoms. The molecule has 0 amide bonds. The second-order valence-corrected chi connectivity index (χ2v) is 11.8. The summed E-state index contributed by atoms with van der Waals surface area (Å²) in [5, 5.41) is 23.2. The van der Waals surface area contributed by atoms with E-state index in [1.807, 2.05) is 0 Å². The Bertz CT molecular complexity index is 863. The monoisotopic (exact) mass is 438 g/mol. The summed E-state index contributed by atoms with van der Waals surface area (Å²) in [5.74, 6) is 1.31. The first-order chi connectivity index (χ1) is 14.7. The van der Waals surface area contributed by atoms with E-state index in [0.29, 0.717) is 23.3 Å². The van der Waals surface area contributed by atoms with Gasteiger partial charge in [-0.1, -0.05) is 100 Å². The van der Waals surface area contributed by atoms with Gasteiger partial charge in [0.05, 0.1) is 0 Å². The maximum atomic E-state index is 11.6. The zero-order valence-electron chi connectivity index (χ0n) is 22.4. The summed E-state index contributed by atoms with van der Waals surface area (Å²) in [7, 11) is 0. The standard InChI is InChI=1S/C30H46O2/c1-12-18(3)21-14-16-23(29(6,7)8)27(31)25(21)20(5)26-22(19(4)13-2)15-17-24(28(26)32)30(9,10)11/h14-20,31-32H,12-13H2,1-11H3. The fourth-order valence-electron chi connectivity index (χ4n) is 4.81. The Balaban J connectivity index is 2.93. The van der Waals surface area contributed by atoms with E-state index in [0.717, 1.165) is 35.1 Å². The van der Waals surface area contributed by atoms with Gasteiger partial charge in [0.2, 0.25) is 0 Å². The van der Waals surface area contributed by atoms with Crippen molar-refractivity contribution in [3.8, 4) is 11.5 Å². The van der Waals surface area contributed by atoms with Gasteiger partial charge in [0.1, 0.15) is 11.5 Å². The summed E-state index contributed by atoms with van der Waals surface area (Å²) in [6, 6.07) is 8.59. The number of benzene rings is 2. The molecular formula is C30H46O2. The van der Waals surface area contributed by atoms with Crippen molar-refractivity contribution in [3.63, 3.8) is 0 Å². The molecule has 0 fully saturated rings. The van der Waals surface area contributed by atoms with Gasteiger partial charge in [-0.15, -0.1) is 0 Å². The third-order valence-corrected chi connectivity index (χ3v) is 7.27. The van der Waals surface area contributed by atoms with E-state index in [-0.39, 0.29) is 16.7 Å². The highest BCUT2D eigenvalue weighted by molar-refractivity contribution is 5.59. The topological polar surface area (TPSA) is 40.5 Å². The van der Waals surface area contributed by atoms with Crippen LogP contribution >= 0.6 is 0 Å². The predicted molar refractivity (Wildman–Crippen MR) is 139 cm³/mol. The van der Waals surface area contributed by atoms with Crippen LogP contribution in [0.2, 0.25) is 0 Å². The van der Waals surface area contributed by atoms with Crippen molar-refractivity contribution in [3.05, 3.63) is 57.6 Å². The lowest BCUT2D eigenvalue weighted by Gasteiger charge is -2.31. The molecule has 2 unspecified atom stereocenters. The Morgan fingerprint density at radius 1 is 0.625 bits per heavy atom. The number of rotatable bonds is 6. The largest absolute Gasteiger partial charge is 0.507 e. The molecule has 2 nitrogen and oxygen atoms in total. The van der Waals surface area contributed by atoms with Crippen LogP contribution in [0.15, 0.2) is 24.3 Å². The molecule has 0 saturated heterocycles. The quantitative estimate of drug-likeness (QED) is 0.473. The van der Waals surface area contributed by atoms with Crippen molar-refractivity contribution >= 4 is 0 Å². The van der Waals surface area contributed by atoms with Crippen LogP contribution in [0.5, 0.6) is 11.5 Å². The first-order valence-electron chi connectivity index (χ1n) is 12.4. The van der Waals surface area contributed by atoms with Gasteiger partial charge < -0.3 is 10.2 Å². The molecule has 2 heteroatoms. The Morgan fingerprint density at radius 2 is 0.938 bits per heavy atom. The summed E-state index contributed by atoms with van der Waals surface area (Å²) in [6.45, 7) is 23.8. The van der Waals surface area contributed by atoms with Gasteiger partial charge in [-0.2, -0.15) is 0 Å². The summed E-state index contributed by atoms with van der Waals surface area (Å²) in [6.07, 6.45) is 2.00. The highest BCUT2D eigenvalue weighted by Crippen LogP contribution is 2.48. The van der Waals surface area contributed by atoms with E-state index in [9.17, 15) is 10.2 Å². The van der Waals surface area contributed by atoms with E-state index in [2.05, 4.69) is 100 Å². The SMILES string of the molecule is CCC(C)c1ccc(C(C)(C)C)c(O)c1C(C)c1c(C(C)CC)ccc(C(C)(C)C)c1O. The number of phenols is 2. The van der Waals surface area contributed by atoms with Crippen molar-refractivity contribution in [1.29, 1.82) is 0 Å². The Hall–Kier alpha value is -1.96. The molecule has 2 rings (SSSR count). The molecule has 0 aliphatic rings. The lowest BCUT2D eigenvalue weighted by Crippen LogP contribution is -2.17. The lowest BCUT2D eigenvalue weighted by atomic mass is 9.74. The average Bonchev–Trinajstić information content (AvgIpc) is 2.69. The zero-order valence-corrected chi connectivity index (χ0v) is 22.4. The van der Waals surface area contributed by atoms with Gasteiger partial charge in [0, 0.05) is 17.0 Å². The molecule has 2 aromatic carbocycles. The number of aromatic hydroxyl groups is 2. The molecule has 2 N–H and O–H groups in total. The average molecular weight is 439 g/mol. The van der Waals surface area contributed by atoms with E-state index in [1.165, 1.54) is 11.1 Å². The Kier molecular flexibility index (Phi) is 7.80. The molecule has 0 spiro atoms. The van der Waals surface area contributed by atoms with Gasteiger partial charge in [-0.25, -0.2) is 0 Å². The summed E-state index contributed by atoms with van der Waals surface area (Å²) in [4.78, 5) is 0. The normalized spacial score (nSPS) is 15.5. The van der Waals surface area contributed by atoms with Crippen LogP contribution in [0.4, 0.5) is 0 Å². The highest BCUT2D eigenvalue weighted by atomic mass is 16.3. The number of hydrogen-bond acceptors (Lipinski definition) is 2. The van der Waals surface area contributed by atoms with Gasteiger partial charge in [0.25, 0.3) is 0 Å². The lowest BCUT2D eigenvalue weighted by molar-refractivity contribution is 0.426.